The molecule has 1 aromatic heterocycles. The number of nitrogens with one attached hydrogen (secondary N) is 1. The molecule has 1 fully saturated rings. The summed E-state index contributed by atoms with van der Waals surface area (Å²) < 4.78 is 1.25. The molecule has 2 aromatic carbocycles. The number of benzene rings is 2. The van der Waals surface area contributed by atoms with Crippen LogP contribution in [0.1, 0.15) is 17.8 Å². The number of rotatable bonds is 4. The Labute approximate surface area is 151 Å². The number of anilines is 1. The molecule has 4 rings (SSSR count). The fourth-order valence-corrected chi connectivity index (χ4v) is 4.31. The van der Waals surface area contributed by atoms with Crippen LogP contribution in [0.5, 0.6) is 0 Å². The van der Waals surface area contributed by atoms with Gasteiger partial charge in [0, 0.05) is 11.6 Å². The molecule has 4 nitrogen and oxygen atoms in total. The Balaban J connectivity index is 1.31. The summed E-state index contributed by atoms with van der Waals surface area (Å²) in [6.45, 7) is 2.78. The third kappa shape index (κ3) is 3.89. The SMILES string of the molecule is O=C(Nc1ccccc1)C1CCN(Cc2nc3ccccc3s2)CC1. The van der Waals surface area contributed by atoms with Crippen molar-refractivity contribution in [3.05, 3.63) is 59.6 Å². The summed E-state index contributed by atoms with van der Waals surface area (Å²) in [6, 6.07) is 18.0. The Hall–Kier alpha value is -2.24. The van der Waals surface area contributed by atoms with E-state index >= 15 is 0 Å². The maximum atomic E-state index is 12.4. The Kier molecular flexibility index (Phi) is 4.76. The van der Waals surface area contributed by atoms with E-state index in [0.717, 1.165) is 48.7 Å². The normalized spacial score (nSPS) is 16.2. The van der Waals surface area contributed by atoms with Crippen LogP contribution in [0.4, 0.5) is 5.69 Å². The fourth-order valence-electron chi connectivity index (χ4n) is 3.30. The molecule has 3 aromatic rings. The maximum Gasteiger partial charge on any atom is 0.227 e. The zero-order valence-corrected chi connectivity index (χ0v) is 14.8. The van der Waals surface area contributed by atoms with Gasteiger partial charge >= 0.3 is 0 Å². The molecule has 1 aliphatic rings. The lowest BCUT2D eigenvalue weighted by atomic mass is 9.96. The first kappa shape index (κ1) is 16.2. The molecule has 0 spiro atoms. The third-order valence-electron chi connectivity index (χ3n) is 4.70. The lowest BCUT2D eigenvalue weighted by Gasteiger charge is -2.30. The highest BCUT2D eigenvalue weighted by Gasteiger charge is 2.25. The number of carbonyl (C=O) groups excluding carboxylic acids is 1. The zero-order chi connectivity index (χ0) is 17.1. The molecule has 1 aliphatic heterocycles. The largest absolute Gasteiger partial charge is 0.326 e. The first-order valence-corrected chi connectivity index (χ1v) is 9.52. The number of aromatic nitrogens is 1. The van der Waals surface area contributed by atoms with Crippen molar-refractivity contribution in [3.63, 3.8) is 0 Å². The molecule has 25 heavy (non-hydrogen) atoms. The van der Waals surface area contributed by atoms with Gasteiger partial charge in [-0.05, 0) is 50.2 Å². The Morgan fingerprint density at radius 2 is 1.80 bits per heavy atom. The second-order valence-corrected chi connectivity index (χ2v) is 7.60. The van der Waals surface area contributed by atoms with Crippen LogP contribution < -0.4 is 5.32 Å². The first-order chi connectivity index (χ1) is 12.3. The van der Waals surface area contributed by atoms with Crippen LogP contribution in [0.15, 0.2) is 54.6 Å². The van der Waals surface area contributed by atoms with Gasteiger partial charge in [0.15, 0.2) is 0 Å². The van der Waals surface area contributed by atoms with Crippen molar-refractivity contribution in [2.75, 3.05) is 18.4 Å². The number of carbonyl (C=O) groups is 1. The second-order valence-electron chi connectivity index (χ2n) is 6.48. The summed E-state index contributed by atoms with van der Waals surface area (Å²) in [5, 5.41) is 4.19. The average Bonchev–Trinajstić information content (AvgIpc) is 3.05. The number of hydrogen-bond acceptors (Lipinski definition) is 4. The van der Waals surface area contributed by atoms with E-state index in [1.54, 1.807) is 11.3 Å². The number of piperidine rings is 1. The van der Waals surface area contributed by atoms with Crippen molar-refractivity contribution in [1.29, 1.82) is 0 Å². The minimum Gasteiger partial charge on any atom is -0.326 e. The van der Waals surface area contributed by atoms with Crippen LogP contribution in [0.2, 0.25) is 0 Å². The van der Waals surface area contributed by atoms with Crippen molar-refractivity contribution in [2.24, 2.45) is 5.92 Å². The molecule has 0 bridgehead atoms. The van der Waals surface area contributed by atoms with Gasteiger partial charge in [0.25, 0.3) is 0 Å². The van der Waals surface area contributed by atoms with Gasteiger partial charge < -0.3 is 5.32 Å². The number of amides is 1. The van der Waals surface area contributed by atoms with E-state index in [1.807, 2.05) is 36.4 Å². The predicted molar refractivity (Wildman–Crippen MR) is 103 cm³/mol. The number of thiazole rings is 1. The summed E-state index contributed by atoms with van der Waals surface area (Å²) >= 11 is 1.77. The molecule has 0 atom stereocenters. The van der Waals surface area contributed by atoms with Gasteiger partial charge in [-0.2, -0.15) is 0 Å². The van der Waals surface area contributed by atoms with Crippen molar-refractivity contribution in [2.45, 2.75) is 19.4 Å². The van der Waals surface area contributed by atoms with Crippen LogP contribution in [-0.2, 0) is 11.3 Å². The lowest BCUT2D eigenvalue weighted by Crippen LogP contribution is -2.37. The van der Waals surface area contributed by atoms with Crippen molar-refractivity contribution in [1.82, 2.24) is 9.88 Å². The number of para-hydroxylation sites is 2. The highest BCUT2D eigenvalue weighted by atomic mass is 32.1. The monoisotopic (exact) mass is 351 g/mol. The van der Waals surface area contributed by atoms with E-state index in [4.69, 9.17) is 4.98 Å². The van der Waals surface area contributed by atoms with E-state index in [9.17, 15) is 4.79 Å². The Morgan fingerprint density at radius 3 is 2.56 bits per heavy atom. The predicted octanol–water partition coefficient (Wildman–Crippen LogP) is 4.15. The summed E-state index contributed by atoms with van der Waals surface area (Å²) in [5.41, 5.74) is 1.96. The Morgan fingerprint density at radius 1 is 1.08 bits per heavy atom. The smallest absolute Gasteiger partial charge is 0.227 e. The summed E-state index contributed by atoms with van der Waals surface area (Å²) in [7, 11) is 0. The average molecular weight is 351 g/mol. The van der Waals surface area contributed by atoms with Crippen LogP contribution >= 0.6 is 11.3 Å². The summed E-state index contributed by atoms with van der Waals surface area (Å²) in [6.07, 6.45) is 1.81. The zero-order valence-electron chi connectivity index (χ0n) is 14.0. The highest BCUT2D eigenvalue weighted by Crippen LogP contribution is 2.25. The molecule has 0 radical (unpaired) electrons. The van der Waals surface area contributed by atoms with Gasteiger partial charge in [0.1, 0.15) is 5.01 Å². The van der Waals surface area contributed by atoms with Crippen LogP contribution in [-0.4, -0.2) is 28.9 Å². The van der Waals surface area contributed by atoms with Gasteiger partial charge in [0.05, 0.1) is 16.8 Å². The van der Waals surface area contributed by atoms with Crippen LogP contribution in [0, 0.1) is 5.92 Å². The van der Waals surface area contributed by atoms with Crippen LogP contribution in [0.25, 0.3) is 10.2 Å². The topological polar surface area (TPSA) is 45.2 Å². The first-order valence-electron chi connectivity index (χ1n) is 8.71. The molecule has 0 saturated carbocycles. The third-order valence-corrected chi connectivity index (χ3v) is 5.72. The van der Waals surface area contributed by atoms with Crippen LogP contribution in [0.3, 0.4) is 0 Å². The number of hydrogen-bond donors (Lipinski definition) is 1. The molecule has 0 unspecified atom stereocenters. The molecule has 128 valence electrons. The number of likely N-dealkylation sites (tertiary alicyclic amines) is 1. The highest BCUT2D eigenvalue weighted by molar-refractivity contribution is 7.18. The molecule has 1 saturated heterocycles. The van der Waals surface area contributed by atoms with E-state index in [2.05, 4.69) is 28.4 Å². The molecule has 5 heteroatoms. The molecule has 1 amide bonds. The fraction of sp³-hybridized carbons (Fsp3) is 0.300. The maximum absolute atomic E-state index is 12.4. The lowest BCUT2D eigenvalue weighted by molar-refractivity contribution is -0.121. The number of fused-ring (bicyclic) bond motifs is 1. The molecular formula is C20H21N3OS. The summed E-state index contributed by atoms with van der Waals surface area (Å²) in [4.78, 5) is 19.5. The van der Waals surface area contributed by atoms with Gasteiger partial charge in [-0.25, -0.2) is 4.98 Å². The van der Waals surface area contributed by atoms with Gasteiger partial charge in [0.2, 0.25) is 5.91 Å². The molecular weight excluding hydrogens is 330 g/mol. The van der Waals surface area contributed by atoms with E-state index < -0.39 is 0 Å². The summed E-state index contributed by atoms with van der Waals surface area (Å²) in [5.74, 6) is 0.248. The standard InChI is InChI=1S/C20H21N3OS/c24-20(21-16-6-2-1-3-7-16)15-10-12-23(13-11-15)14-19-22-17-8-4-5-9-18(17)25-19/h1-9,15H,10-14H2,(H,21,24). The number of nitrogens with zero attached hydrogens (tertiary/aromatic N) is 2. The van der Waals surface area contributed by atoms with Gasteiger partial charge in [-0.1, -0.05) is 30.3 Å². The van der Waals surface area contributed by atoms with Crippen molar-refractivity contribution < 1.29 is 4.79 Å². The molecule has 1 N–H and O–H groups in total. The van der Waals surface area contributed by atoms with E-state index in [1.165, 1.54) is 4.70 Å². The second kappa shape index (κ2) is 7.33. The minimum absolute atomic E-state index is 0.104. The molecule has 2 heterocycles. The van der Waals surface area contributed by atoms with Gasteiger partial charge in [-0.3, -0.25) is 9.69 Å². The quantitative estimate of drug-likeness (QED) is 0.768. The Bertz CT molecular complexity index is 821. The van der Waals surface area contributed by atoms with E-state index in [0.29, 0.717) is 0 Å². The minimum atomic E-state index is 0.104. The van der Waals surface area contributed by atoms with E-state index in [-0.39, 0.29) is 11.8 Å². The van der Waals surface area contributed by atoms with Gasteiger partial charge in [-0.15, -0.1) is 11.3 Å². The van der Waals surface area contributed by atoms with Crippen molar-refractivity contribution in [3.8, 4) is 0 Å². The van der Waals surface area contributed by atoms with Crippen molar-refractivity contribution >= 4 is 33.1 Å². The molecule has 0 aliphatic carbocycles.